The number of carbonyl (C=O) groups is 2. The minimum atomic E-state index is -0.120. The number of benzene rings is 1. The van der Waals surface area contributed by atoms with Crippen LogP contribution >= 0.6 is 0 Å². The maximum atomic E-state index is 12.2. The molecule has 0 unspecified atom stereocenters. The Hall–Kier alpha value is -2.04. The Morgan fingerprint density at radius 1 is 1.12 bits per heavy atom. The summed E-state index contributed by atoms with van der Waals surface area (Å²) in [6.45, 7) is 10.8. The number of carbonyl (C=O) groups excluding carboxylic acids is 2. The molecule has 24 heavy (non-hydrogen) atoms. The molecule has 0 atom stereocenters. The maximum Gasteiger partial charge on any atom is 0.226 e. The lowest BCUT2D eigenvalue weighted by molar-refractivity contribution is -0.129. The van der Waals surface area contributed by atoms with Crippen LogP contribution in [-0.4, -0.2) is 35.9 Å². The van der Waals surface area contributed by atoms with E-state index in [0.717, 1.165) is 6.42 Å². The Morgan fingerprint density at radius 2 is 1.79 bits per heavy atom. The van der Waals surface area contributed by atoms with E-state index in [1.807, 2.05) is 38.1 Å². The maximum absolute atomic E-state index is 12.2. The fraction of sp³-hybridized carbons (Fsp3) is 0.579. The first kappa shape index (κ1) is 20.0. The molecule has 1 rings (SSSR count). The van der Waals surface area contributed by atoms with Gasteiger partial charge < -0.3 is 15.0 Å². The number of hydrogen-bond donors (Lipinski definition) is 1. The van der Waals surface area contributed by atoms with Crippen molar-refractivity contribution in [1.29, 1.82) is 0 Å². The molecule has 2 amide bonds. The number of nitrogens with one attached hydrogen (secondary N) is 1. The molecule has 1 aromatic rings. The Balaban J connectivity index is 2.58. The highest BCUT2D eigenvalue weighted by atomic mass is 16.5. The lowest BCUT2D eigenvalue weighted by atomic mass is 10.1. The SMILES string of the molecule is CC(=O)N(CCC(=O)Nc1ccccc1OC(C)C)CCC(C)C. The molecule has 0 saturated carbocycles. The van der Waals surface area contributed by atoms with Crippen molar-refractivity contribution in [3.05, 3.63) is 24.3 Å². The molecule has 134 valence electrons. The molecule has 0 saturated heterocycles. The number of anilines is 1. The molecule has 0 aliphatic rings. The fourth-order valence-electron chi connectivity index (χ4n) is 2.22. The van der Waals surface area contributed by atoms with Gasteiger partial charge in [0.15, 0.2) is 0 Å². The molecule has 0 radical (unpaired) electrons. The summed E-state index contributed by atoms with van der Waals surface area (Å²) in [7, 11) is 0. The lowest BCUT2D eigenvalue weighted by Crippen LogP contribution is -2.33. The number of amides is 2. The van der Waals surface area contributed by atoms with Crippen LogP contribution in [0.1, 0.15) is 47.5 Å². The van der Waals surface area contributed by atoms with Crippen LogP contribution in [0.2, 0.25) is 0 Å². The van der Waals surface area contributed by atoms with Gasteiger partial charge in [0.2, 0.25) is 11.8 Å². The van der Waals surface area contributed by atoms with Crippen LogP contribution in [0.25, 0.3) is 0 Å². The van der Waals surface area contributed by atoms with Gasteiger partial charge in [0, 0.05) is 26.4 Å². The van der Waals surface area contributed by atoms with Crippen LogP contribution in [0, 0.1) is 5.92 Å². The van der Waals surface area contributed by atoms with Gasteiger partial charge in [-0.2, -0.15) is 0 Å². The molecule has 5 heteroatoms. The zero-order valence-electron chi connectivity index (χ0n) is 15.5. The first-order chi connectivity index (χ1) is 11.3. The van der Waals surface area contributed by atoms with E-state index in [9.17, 15) is 9.59 Å². The van der Waals surface area contributed by atoms with E-state index >= 15 is 0 Å². The van der Waals surface area contributed by atoms with E-state index < -0.39 is 0 Å². The van der Waals surface area contributed by atoms with Gasteiger partial charge in [-0.05, 0) is 38.3 Å². The van der Waals surface area contributed by atoms with Gasteiger partial charge in [-0.1, -0.05) is 26.0 Å². The van der Waals surface area contributed by atoms with Gasteiger partial charge in [0.1, 0.15) is 5.75 Å². The molecule has 0 bridgehead atoms. The van der Waals surface area contributed by atoms with Crippen LogP contribution in [-0.2, 0) is 9.59 Å². The van der Waals surface area contributed by atoms with Crippen LogP contribution in [0.15, 0.2) is 24.3 Å². The zero-order valence-corrected chi connectivity index (χ0v) is 15.5. The molecule has 1 aromatic carbocycles. The molecule has 0 aliphatic heterocycles. The topological polar surface area (TPSA) is 58.6 Å². The minimum Gasteiger partial charge on any atom is -0.489 e. The Labute approximate surface area is 145 Å². The molecular weight excluding hydrogens is 304 g/mol. The summed E-state index contributed by atoms with van der Waals surface area (Å²) in [5.41, 5.74) is 0.660. The second-order valence-electron chi connectivity index (χ2n) is 6.65. The molecule has 0 aromatic heterocycles. The van der Waals surface area contributed by atoms with Crippen molar-refractivity contribution < 1.29 is 14.3 Å². The monoisotopic (exact) mass is 334 g/mol. The van der Waals surface area contributed by atoms with Gasteiger partial charge >= 0.3 is 0 Å². The average Bonchev–Trinajstić information content (AvgIpc) is 2.48. The summed E-state index contributed by atoms with van der Waals surface area (Å²) in [5, 5.41) is 2.87. The van der Waals surface area contributed by atoms with Crippen molar-refractivity contribution in [2.75, 3.05) is 18.4 Å². The summed E-state index contributed by atoms with van der Waals surface area (Å²) < 4.78 is 5.70. The molecule has 5 nitrogen and oxygen atoms in total. The van der Waals surface area contributed by atoms with E-state index in [4.69, 9.17) is 4.74 Å². The van der Waals surface area contributed by atoms with Crippen molar-refractivity contribution in [3.63, 3.8) is 0 Å². The number of para-hydroxylation sites is 2. The number of ether oxygens (including phenoxy) is 1. The van der Waals surface area contributed by atoms with Crippen LogP contribution in [0.5, 0.6) is 5.75 Å². The van der Waals surface area contributed by atoms with E-state index in [0.29, 0.717) is 30.4 Å². The second kappa shape index (κ2) is 9.96. The Bertz CT molecular complexity index is 541. The van der Waals surface area contributed by atoms with Crippen molar-refractivity contribution in [1.82, 2.24) is 4.90 Å². The molecule has 0 aliphatic carbocycles. The highest BCUT2D eigenvalue weighted by molar-refractivity contribution is 5.92. The van der Waals surface area contributed by atoms with Crippen LogP contribution in [0.3, 0.4) is 0 Å². The van der Waals surface area contributed by atoms with Gasteiger partial charge in [-0.15, -0.1) is 0 Å². The largest absolute Gasteiger partial charge is 0.489 e. The van der Waals surface area contributed by atoms with Gasteiger partial charge in [-0.25, -0.2) is 0 Å². The Kier molecular flexibility index (Phi) is 8.30. The van der Waals surface area contributed by atoms with Crippen LogP contribution in [0.4, 0.5) is 5.69 Å². The van der Waals surface area contributed by atoms with E-state index in [2.05, 4.69) is 19.2 Å². The third kappa shape index (κ3) is 7.49. The van der Waals surface area contributed by atoms with Gasteiger partial charge in [-0.3, -0.25) is 9.59 Å². The predicted octanol–water partition coefficient (Wildman–Crippen LogP) is 3.70. The van der Waals surface area contributed by atoms with Crippen molar-refractivity contribution in [2.24, 2.45) is 5.92 Å². The third-order valence-electron chi connectivity index (χ3n) is 3.55. The van der Waals surface area contributed by atoms with E-state index in [-0.39, 0.29) is 24.3 Å². The highest BCUT2D eigenvalue weighted by Gasteiger charge is 2.13. The quantitative estimate of drug-likeness (QED) is 0.749. The van der Waals surface area contributed by atoms with Gasteiger partial charge in [0.25, 0.3) is 0 Å². The van der Waals surface area contributed by atoms with Crippen LogP contribution < -0.4 is 10.1 Å². The first-order valence-electron chi connectivity index (χ1n) is 8.60. The molecular formula is C19H30N2O3. The smallest absolute Gasteiger partial charge is 0.226 e. The standard InChI is InChI=1S/C19H30N2O3/c1-14(2)10-12-21(16(5)22)13-11-19(23)20-17-8-6-7-9-18(17)24-15(3)4/h6-9,14-15H,10-13H2,1-5H3,(H,20,23). The summed E-state index contributed by atoms with van der Waals surface area (Å²) in [6.07, 6.45) is 1.24. The fourth-order valence-corrected chi connectivity index (χ4v) is 2.22. The second-order valence-corrected chi connectivity index (χ2v) is 6.65. The van der Waals surface area contributed by atoms with E-state index in [1.165, 1.54) is 0 Å². The zero-order chi connectivity index (χ0) is 18.1. The summed E-state index contributed by atoms with van der Waals surface area (Å²) >= 11 is 0. The van der Waals surface area contributed by atoms with E-state index in [1.54, 1.807) is 11.8 Å². The highest BCUT2D eigenvalue weighted by Crippen LogP contribution is 2.24. The molecule has 0 fully saturated rings. The number of hydrogen-bond acceptors (Lipinski definition) is 3. The summed E-state index contributed by atoms with van der Waals surface area (Å²) in [5.74, 6) is 1.07. The molecule has 0 spiro atoms. The number of nitrogens with zero attached hydrogens (tertiary/aromatic N) is 1. The first-order valence-corrected chi connectivity index (χ1v) is 8.60. The van der Waals surface area contributed by atoms with Gasteiger partial charge in [0.05, 0.1) is 11.8 Å². The normalized spacial score (nSPS) is 10.8. The average molecular weight is 334 g/mol. The molecule has 1 N–H and O–H groups in total. The third-order valence-corrected chi connectivity index (χ3v) is 3.55. The van der Waals surface area contributed by atoms with Crippen molar-refractivity contribution in [2.45, 2.75) is 53.6 Å². The summed E-state index contributed by atoms with van der Waals surface area (Å²) in [4.78, 5) is 25.6. The predicted molar refractivity (Wildman–Crippen MR) is 97.2 cm³/mol. The minimum absolute atomic E-state index is 0.00647. The number of rotatable bonds is 9. The lowest BCUT2D eigenvalue weighted by Gasteiger charge is -2.22. The van der Waals surface area contributed by atoms with Crippen molar-refractivity contribution >= 4 is 17.5 Å². The summed E-state index contributed by atoms with van der Waals surface area (Å²) in [6, 6.07) is 7.38. The Morgan fingerprint density at radius 3 is 2.38 bits per heavy atom. The van der Waals surface area contributed by atoms with Crippen molar-refractivity contribution in [3.8, 4) is 5.75 Å². The molecule has 0 heterocycles.